The van der Waals surface area contributed by atoms with Crippen molar-refractivity contribution in [2.45, 2.75) is 13.3 Å². The van der Waals surface area contributed by atoms with Crippen molar-refractivity contribution >= 4 is 41.1 Å². The van der Waals surface area contributed by atoms with Gasteiger partial charge in [-0.1, -0.05) is 36.9 Å². The summed E-state index contributed by atoms with van der Waals surface area (Å²) >= 11 is 5.40. The van der Waals surface area contributed by atoms with Crippen molar-refractivity contribution in [3.05, 3.63) is 87.3 Å². The number of benzene rings is 3. The molecule has 180 valence electrons. The number of carbonyl (C=O) groups is 1. The third-order valence-corrected chi connectivity index (χ3v) is 6.03. The molecule has 0 aliphatic carbocycles. The summed E-state index contributed by atoms with van der Waals surface area (Å²) < 4.78 is 6.18. The summed E-state index contributed by atoms with van der Waals surface area (Å²) in [6.45, 7) is 7.69. The summed E-state index contributed by atoms with van der Waals surface area (Å²) in [6, 6.07) is 16.9. The highest BCUT2D eigenvalue weighted by atomic mass is 32.1. The number of nitrogens with zero attached hydrogens (tertiary/aromatic N) is 1. The Morgan fingerprint density at radius 1 is 1.06 bits per heavy atom. The number of anilines is 1. The third kappa shape index (κ3) is 5.53. The highest BCUT2D eigenvalue weighted by Gasteiger charge is 2.24. The number of rotatable bonds is 7. The van der Waals surface area contributed by atoms with Crippen LogP contribution in [0, 0.1) is 6.92 Å². The van der Waals surface area contributed by atoms with E-state index >= 15 is 0 Å². The molecule has 3 N–H and O–H groups in total. The van der Waals surface area contributed by atoms with Gasteiger partial charge in [-0.15, -0.1) is 0 Å². The zero-order valence-corrected chi connectivity index (χ0v) is 21.0. The second-order valence-corrected chi connectivity index (χ2v) is 9.32. The van der Waals surface area contributed by atoms with Crippen molar-refractivity contribution in [1.82, 2.24) is 10.2 Å². The lowest BCUT2D eigenvalue weighted by molar-refractivity contribution is 0.0696. The molecule has 4 rings (SSSR count). The Bertz CT molecular complexity index is 1420. The lowest BCUT2D eigenvalue weighted by Crippen LogP contribution is -2.31. The van der Waals surface area contributed by atoms with Gasteiger partial charge >= 0.3 is 5.97 Å². The maximum absolute atomic E-state index is 12.4. The summed E-state index contributed by atoms with van der Waals surface area (Å²) in [7, 11) is 4.05. The van der Waals surface area contributed by atoms with Crippen LogP contribution in [0.5, 0.6) is 11.5 Å². The van der Waals surface area contributed by atoms with Crippen molar-refractivity contribution in [3.8, 4) is 11.5 Å². The molecule has 3 aromatic carbocycles. The number of nitrogens with one attached hydrogen (secondary N) is 2. The zero-order valence-electron chi connectivity index (χ0n) is 20.1. The molecule has 0 radical (unpaired) electrons. The lowest BCUT2D eigenvalue weighted by Gasteiger charge is -2.23. The molecule has 0 spiro atoms. The van der Waals surface area contributed by atoms with Gasteiger partial charge in [0, 0.05) is 28.6 Å². The number of carboxylic acid groups (broad SMARTS) is 1. The molecular weight excluding hydrogens is 458 g/mol. The third-order valence-electron chi connectivity index (χ3n) is 5.79. The van der Waals surface area contributed by atoms with Crippen molar-refractivity contribution < 1.29 is 14.6 Å². The maximum atomic E-state index is 12.4. The normalized spacial score (nSPS) is 11.9. The molecule has 1 aliphatic heterocycles. The summed E-state index contributed by atoms with van der Waals surface area (Å²) in [6.07, 6.45) is 0.946. The Morgan fingerprint density at radius 2 is 1.83 bits per heavy atom. The Morgan fingerprint density at radius 3 is 2.57 bits per heavy atom. The van der Waals surface area contributed by atoms with E-state index in [1.807, 2.05) is 69.6 Å². The molecule has 0 saturated heterocycles. The van der Waals surface area contributed by atoms with Gasteiger partial charge in [0.15, 0.2) is 5.11 Å². The van der Waals surface area contributed by atoms with Crippen LogP contribution in [0.2, 0.25) is 0 Å². The van der Waals surface area contributed by atoms with E-state index in [4.69, 9.17) is 17.0 Å². The van der Waals surface area contributed by atoms with E-state index in [1.165, 1.54) is 0 Å². The number of ether oxygens (including phenoxy) is 1. The average Bonchev–Trinajstić information content (AvgIpc) is 2.80. The molecule has 0 fully saturated rings. The number of fused-ring (bicyclic) bond motifs is 2. The first-order valence-electron chi connectivity index (χ1n) is 11.4. The predicted molar refractivity (Wildman–Crippen MR) is 145 cm³/mol. The van der Waals surface area contributed by atoms with Crippen LogP contribution >= 0.6 is 12.2 Å². The predicted octanol–water partition coefficient (Wildman–Crippen LogP) is 3.69. The second-order valence-electron chi connectivity index (χ2n) is 8.91. The number of carboxylic acids is 1. The number of hydrogen-bond acceptors (Lipinski definition) is 4. The Hall–Kier alpha value is -3.68. The van der Waals surface area contributed by atoms with Crippen LogP contribution in [0.3, 0.4) is 0 Å². The fourth-order valence-electron chi connectivity index (χ4n) is 4.12. The van der Waals surface area contributed by atoms with Gasteiger partial charge in [-0.05, 0) is 86.8 Å². The van der Waals surface area contributed by atoms with Gasteiger partial charge in [-0.3, -0.25) is 0 Å². The number of aryl methyl sites for hydroxylation is 1. The monoisotopic (exact) mass is 487 g/mol. The van der Waals surface area contributed by atoms with Gasteiger partial charge in [0.1, 0.15) is 11.5 Å². The molecular formula is C28H29N3O3S. The van der Waals surface area contributed by atoms with Crippen LogP contribution in [0.1, 0.15) is 33.5 Å². The van der Waals surface area contributed by atoms with E-state index in [0.717, 1.165) is 46.6 Å². The summed E-state index contributed by atoms with van der Waals surface area (Å²) in [5, 5.41) is 18.5. The highest BCUT2D eigenvalue weighted by Crippen LogP contribution is 2.38. The van der Waals surface area contributed by atoms with Crippen LogP contribution < -0.4 is 25.8 Å². The van der Waals surface area contributed by atoms with Crippen LogP contribution in [0.15, 0.2) is 54.6 Å². The summed E-state index contributed by atoms with van der Waals surface area (Å²) in [5.74, 6) is 0.337. The van der Waals surface area contributed by atoms with Crippen molar-refractivity contribution in [2.75, 3.05) is 32.5 Å². The van der Waals surface area contributed by atoms with Gasteiger partial charge in [0.05, 0.1) is 5.56 Å². The minimum atomic E-state index is -1.02. The SMILES string of the molecule is C=c1ccc2c(c1)Oc1cc(C)ccc1C=2c1ccc(NC(=S)NCCCN(C)C)cc1C(=O)O. The smallest absolute Gasteiger partial charge is 0.336 e. The van der Waals surface area contributed by atoms with Crippen LogP contribution in [0.25, 0.3) is 12.2 Å². The molecule has 3 aromatic rings. The Balaban J connectivity index is 1.74. The van der Waals surface area contributed by atoms with Crippen LogP contribution in [-0.4, -0.2) is 48.3 Å². The zero-order chi connectivity index (χ0) is 25.1. The van der Waals surface area contributed by atoms with Crippen molar-refractivity contribution in [1.29, 1.82) is 0 Å². The topological polar surface area (TPSA) is 73.8 Å². The first-order valence-corrected chi connectivity index (χ1v) is 11.8. The molecule has 7 heteroatoms. The largest absolute Gasteiger partial charge is 0.478 e. The van der Waals surface area contributed by atoms with Crippen molar-refractivity contribution in [2.24, 2.45) is 0 Å². The lowest BCUT2D eigenvalue weighted by atomic mass is 9.89. The molecule has 0 unspecified atom stereocenters. The van der Waals surface area contributed by atoms with E-state index in [9.17, 15) is 9.90 Å². The van der Waals surface area contributed by atoms with Crippen molar-refractivity contribution in [3.63, 3.8) is 0 Å². The molecule has 1 aliphatic rings. The molecule has 0 amide bonds. The standard InChI is InChI=1S/C28H29N3O3S/c1-17-6-9-21-24(14-17)34-25-15-18(2)7-10-22(25)26(21)20-11-8-19(16-23(20)27(32)33)30-28(35)29-12-5-13-31(3)4/h6-11,14-16H,1,5,12-13H2,2-4H3,(H,32,33)(H2,29,30,35). The van der Waals surface area contributed by atoms with Crippen LogP contribution in [-0.2, 0) is 0 Å². The molecule has 0 bridgehead atoms. The number of thiocarbonyl (C=S) groups is 1. The molecule has 35 heavy (non-hydrogen) atoms. The molecule has 0 aromatic heterocycles. The van der Waals surface area contributed by atoms with Gasteiger partial charge in [0.25, 0.3) is 0 Å². The number of hydrogen-bond donors (Lipinski definition) is 3. The average molecular weight is 488 g/mol. The van der Waals surface area contributed by atoms with E-state index in [0.29, 0.717) is 27.9 Å². The summed E-state index contributed by atoms with van der Waals surface area (Å²) in [5.41, 5.74) is 4.12. The van der Waals surface area contributed by atoms with Gasteiger partial charge < -0.3 is 25.4 Å². The molecule has 0 atom stereocenters. The van der Waals surface area contributed by atoms with E-state index in [-0.39, 0.29) is 5.56 Å². The van der Waals surface area contributed by atoms with E-state index < -0.39 is 5.97 Å². The maximum Gasteiger partial charge on any atom is 0.336 e. The van der Waals surface area contributed by atoms with Crippen LogP contribution in [0.4, 0.5) is 5.69 Å². The van der Waals surface area contributed by atoms with Gasteiger partial charge in [0.2, 0.25) is 0 Å². The Kier molecular flexibility index (Phi) is 7.19. The quantitative estimate of drug-likeness (QED) is 0.271. The first kappa shape index (κ1) is 24.4. The Labute approximate surface area is 210 Å². The first-order chi connectivity index (χ1) is 16.7. The van der Waals surface area contributed by atoms with E-state index in [2.05, 4.69) is 22.1 Å². The fraction of sp³-hybridized carbons (Fsp3) is 0.214. The minimum Gasteiger partial charge on any atom is -0.478 e. The fourth-order valence-corrected chi connectivity index (χ4v) is 4.34. The minimum absolute atomic E-state index is 0.179. The van der Waals surface area contributed by atoms with Gasteiger partial charge in [-0.2, -0.15) is 0 Å². The molecule has 1 heterocycles. The number of aromatic carboxylic acids is 1. The second kappa shape index (κ2) is 10.3. The van der Waals surface area contributed by atoms with Gasteiger partial charge in [-0.25, -0.2) is 4.79 Å². The molecule has 6 nitrogen and oxygen atoms in total. The highest BCUT2D eigenvalue weighted by molar-refractivity contribution is 7.80. The van der Waals surface area contributed by atoms with E-state index in [1.54, 1.807) is 6.07 Å². The molecule has 0 saturated carbocycles. The summed E-state index contributed by atoms with van der Waals surface area (Å²) in [4.78, 5) is 14.5.